The van der Waals surface area contributed by atoms with Crippen LogP contribution in [0.25, 0.3) is 0 Å². The fraction of sp³-hybridized carbons (Fsp3) is 0.833. The summed E-state index contributed by atoms with van der Waals surface area (Å²) < 4.78 is 5.19. The Morgan fingerprint density at radius 1 is 0.897 bits per heavy atom. The van der Waals surface area contributed by atoms with Gasteiger partial charge in [-0.15, -0.1) is 0 Å². The summed E-state index contributed by atoms with van der Waals surface area (Å²) in [5, 5.41) is 2.90. The summed E-state index contributed by atoms with van der Waals surface area (Å²) in [6.07, 6.45) is 23.0. The average Bonchev–Trinajstić information content (AvgIpc) is 3.21. The quantitative estimate of drug-likeness (QED) is 0.250. The van der Waals surface area contributed by atoms with Gasteiger partial charge in [0.25, 0.3) is 5.91 Å². The van der Waals surface area contributed by atoms with Crippen molar-refractivity contribution in [2.75, 3.05) is 6.54 Å². The van der Waals surface area contributed by atoms with Gasteiger partial charge in [0.15, 0.2) is 5.69 Å². The van der Waals surface area contributed by atoms with Crippen molar-refractivity contribution in [3.05, 3.63) is 17.8 Å². The van der Waals surface area contributed by atoms with E-state index in [1.165, 1.54) is 103 Å². The van der Waals surface area contributed by atoms with E-state index in [1.54, 1.807) is 6.92 Å². The number of carbonyl (C=O) groups is 1. The molecule has 29 heavy (non-hydrogen) atoms. The number of nitrogens with two attached hydrogens (primary N) is 1. The molecule has 1 rings (SSSR count). The van der Waals surface area contributed by atoms with E-state index < -0.39 is 0 Å². The summed E-state index contributed by atoms with van der Waals surface area (Å²) in [4.78, 5) is 16.1. The average molecular weight is 408 g/mol. The van der Waals surface area contributed by atoms with Crippen molar-refractivity contribution in [3.63, 3.8) is 0 Å². The summed E-state index contributed by atoms with van der Waals surface area (Å²) in [6, 6.07) is -0.295. The zero-order valence-corrected chi connectivity index (χ0v) is 19.0. The Balaban J connectivity index is 1.81. The van der Waals surface area contributed by atoms with Crippen molar-refractivity contribution >= 4 is 5.91 Å². The highest BCUT2D eigenvalue weighted by Gasteiger charge is 2.13. The van der Waals surface area contributed by atoms with E-state index in [0.29, 0.717) is 18.1 Å². The van der Waals surface area contributed by atoms with Gasteiger partial charge in [-0.1, -0.05) is 103 Å². The molecule has 0 aliphatic heterocycles. The van der Waals surface area contributed by atoms with Crippen molar-refractivity contribution < 1.29 is 9.21 Å². The lowest BCUT2D eigenvalue weighted by Crippen LogP contribution is -2.24. The second-order valence-corrected chi connectivity index (χ2v) is 8.42. The molecule has 0 fully saturated rings. The number of oxazole rings is 1. The first kappa shape index (κ1) is 25.7. The Kier molecular flexibility index (Phi) is 15.5. The molecule has 0 aliphatic rings. The first-order chi connectivity index (χ1) is 14.1. The molecule has 5 nitrogen and oxygen atoms in total. The third-order valence-electron chi connectivity index (χ3n) is 5.46. The highest BCUT2D eigenvalue weighted by Crippen LogP contribution is 2.14. The van der Waals surface area contributed by atoms with Crippen molar-refractivity contribution in [3.8, 4) is 0 Å². The second-order valence-electron chi connectivity index (χ2n) is 8.42. The predicted molar refractivity (Wildman–Crippen MR) is 121 cm³/mol. The standard InChI is InChI=1S/C24H45N3O2/c1-3-4-5-6-7-8-9-10-11-12-13-14-15-16-17-18-19-26-23(28)22-20-29-24(27-22)21(2)25/h20-21H,3-19,25H2,1-2H3,(H,26,28). The van der Waals surface area contributed by atoms with E-state index in [9.17, 15) is 4.79 Å². The molecular weight excluding hydrogens is 362 g/mol. The van der Waals surface area contributed by atoms with Crippen LogP contribution in [0.5, 0.6) is 0 Å². The lowest BCUT2D eigenvalue weighted by molar-refractivity contribution is 0.0948. The Morgan fingerprint density at radius 2 is 1.34 bits per heavy atom. The number of hydrogen-bond acceptors (Lipinski definition) is 4. The molecule has 0 saturated heterocycles. The molecule has 1 heterocycles. The number of aromatic nitrogens is 1. The van der Waals surface area contributed by atoms with E-state index in [0.717, 1.165) is 6.42 Å². The SMILES string of the molecule is CCCCCCCCCCCCCCCCCCNC(=O)c1coc(C(C)N)n1. The molecule has 1 aromatic heterocycles. The van der Waals surface area contributed by atoms with Gasteiger partial charge in [-0.2, -0.15) is 0 Å². The van der Waals surface area contributed by atoms with Crippen LogP contribution < -0.4 is 11.1 Å². The number of nitrogens with one attached hydrogen (secondary N) is 1. The molecule has 1 unspecified atom stereocenters. The van der Waals surface area contributed by atoms with Crippen LogP contribution in [0, 0.1) is 0 Å². The van der Waals surface area contributed by atoms with Gasteiger partial charge in [-0.05, 0) is 13.3 Å². The molecule has 1 aromatic rings. The fourth-order valence-corrected chi connectivity index (χ4v) is 3.57. The molecule has 0 aromatic carbocycles. The number of nitrogens with zero attached hydrogens (tertiary/aromatic N) is 1. The first-order valence-electron chi connectivity index (χ1n) is 12.1. The Labute approximate surface area is 178 Å². The molecule has 3 N–H and O–H groups in total. The van der Waals surface area contributed by atoms with Crippen LogP contribution in [0.2, 0.25) is 0 Å². The smallest absolute Gasteiger partial charge is 0.273 e. The van der Waals surface area contributed by atoms with Gasteiger partial charge in [0, 0.05) is 6.54 Å². The zero-order valence-electron chi connectivity index (χ0n) is 19.0. The molecule has 0 saturated carbocycles. The van der Waals surface area contributed by atoms with Crippen LogP contribution in [0.15, 0.2) is 10.7 Å². The Morgan fingerprint density at radius 3 is 1.76 bits per heavy atom. The maximum absolute atomic E-state index is 12.0. The van der Waals surface area contributed by atoms with Crippen molar-refractivity contribution in [2.24, 2.45) is 5.73 Å². The largest absolute Gasteiger partial charge is 0.446 e. The van der Waals surface area contributed by atoms with Gasteiger partial charge in [0.1, 0.15) is 6.26 Å². The first-order valence-corrected chi connectivity index (χ1v) is 12.1. The number of hydrogen-bond donors (Lipinski definition) is 2. The van der Waals surface area contributed by atoms with E-state index >= 15 is 0 Å². The highest BCUT2D eigenvalue weighted by atomic mass is 16.3. The maximum Gasteiger partial charge on any atom is 0.273 e. The molecule has 168 valence electrons. The summed E-state index contributed by atoms with van der Waals surface area (Å²) >= 11 is 0. The van der Waals surface area contributed by atoms with Crippen LogP contribution in [-0.4, -0.2) is 17.4 Å². The van der Waals surface area contributed by atoms with Gasteiger partial charge in [0.05, 0.1) is 6.04 Å². The molecule has 0 bridgehead atoms. The summed E-state index contributed by atoms with van der Waals surface area (Å²) in [6.45, 7) is 4.75. The molecule has 0 spiro atoms. The van der Waals surface area contributed by atoms with Crippen LogP contribution >= 0.6 is 0 Å². The van der Waals surface area contributed by atoms with Gasteiger partial charge < -0.3 is 15.5 Å². The van der Waals surface area contributed by atoms with Crippen LogP contribution in [0.3, 0.4) is 0 Å². The molecule has 0 aliphatic carbocycles. The molecule has 0 radical (unpaired) electrons. The van der Waals surface area contributed by atoms with Crippen molar-refractivity contribution in [1.29, 1.82) is 0 Å². The topological polar surface area (TPSA) is 81.2 Å². The zero-order chi connectivity index (χ0) is 21.2. The highest BCUT2D eigenvalue weighted by molar-refractivity contribution is 5.91. The lowest BCUT2D eigenvalue weighted by Gasteiger charge is -2.04. The minimum absolute atomic E-state index is 0.179. The van der Waals surface area contributed by atoms with Crippen molar-refractivity contribution in [2.45, 2.75) is 123 Å². The predicted octanol–water partition coefficient (Wildman–Crippen LogP) is 6.69. The van der Waals surface area contributed by atoms with E-state index in [4.69, 9.17) is 10.2 Å². The lowest BCUT2D eigenvalue weighted by atomic mass is 10.0. The van der Waals surface area contributed by atoms with Gasteiger partial charge in [0.2, 0.25) is 5.89 Å². The van der Waals surface area contributed by atoms with E-state index in [1.807, 2.05) is 0 Å². The number of unbranched alkanes of at least 4 members (excludes halogenated alkanes) is 15. The summed E-state index contributed by atoms with van der Waals surface area (Å²) in [7, 11) is 0. The third-order valence-corrected chi connectivity index (χ3v) is 5.46. The summed E-state index contributed by atoms with van der Waals surface area (Å²) in [5.41, 5.74) is 6.00. The monoisotopic (exact) mass is 407 g/mol. The minimum atomic E-state index is -0.295. The third kappa shape index (κ3) is 13.5. The number of rotatable bonds is 19. The molecular formula is C24H45N3O2. The number of carbonyl (C=O) groups excluding carboxylic acids is 1. The normalized spacial score (nSPS) is 12.2. The maximum atomic E-state index is 12.0. The second kappa shape index (κ2) is 17.5. The molecule has 1 amide bonds. The number of amides is 1. The van der Waals surface area contributed by atoms with Crippen LogP contribution in [-0.2, 0) is 0 Å². The molecule has 1 atom stereocenters. The van der Waals surface area contributed by atoms with Crippen LogP contribution in [0.4, 0.5) is 0 Å². The van der Waals surface area contributed by atoms with Gasteiger partial charge in [-0.25, -0.2) is 4.98 Å². The van der Waals surface area contributed by atoms with Crippen molar-refractivity contribution in [1.82, 2.24) is 10.3 Å². The molecule has 5 heteroatoms. The van der Waals surface area contributed by atoms with Crippen LogP contribution in [0.1, 0.15) is 139 Å². The Bertz CT molecular complexity index is 514. The fourth-order valence-electron chi connectivity index (χ4n) is 3.57. The van der Waals surface area contributed by atoms with E-state index in [-0.39, 0.29) is 11.9 Å². The van der Waals surface area contributed by atoms with E-state index in [2.05, 4.69) is 17.2 Å². The summed E-state index contributed by atoms with van der Waals surface area (Å²) in [5.74, 6) is 0.221. The minimum Gasteiger partial charge on any atom is -0.446 e. The Hall–Kier alpha value is -1.36. The van der Waals surface area contributed by atoms with Gasteiger partial charge in [-0.3, -0.25) is 4.79 Å². The van der Waals surface area contributed by atoms with Gasteiger partial charge >= 0.3 is 0 Å².